The van der Waals surface area contributed by atoms with Gasteiger partial charge in [-0.05, 0) is 19.8 Å². The highest BCUT2D eigenvalue weighted by Crippen LogP contribution is 2.16. The van der Waals surface area contributed by atoms with Gasteiger partial charge in [0.25, 0.3) is 0 Å². The molecule has 0 spiro atoms. The highest BCUT2D eigenvalue weighted by Gasteiger charge is 2.25. The summed E-state index contributed by atoms with van der Waals surface area (Å²) in [6, 6.07) is 0.660. The third-order valence-corrected chi connectivity index (χ3v) is 2.85. The molecule has 4 N–H and O–H groups in total. The minimum absolute atomic E-state index is 0.229. The summed E-state index contributed by atoms with van der Waals surface area (Å²) >= 11 is 0. The molecule has 0 aromatic heterocycles. The van der Waals surface area contributed by atoms with Crippen molar-refractivity contribution in [2.75, 3.05) is 26.4 Å². The van der Waals surface area contributed by atoms with Crippen molar-refractivity contribution in [2.24, 2.45) is 11.7 Å². The van der Waals surface area contributed by atoms with E-state index >= 15 is 0 Å². The molecule has 1 aliphatic heterocycles. The minimum atomic E-state index is 0.229. The molecule has 84 valence electrons. The van der Waals surface area contributed by atoms with E-state index < -0.39 is 0 Å². The molecule has 1 saturated heterocycles. The lowest BCUT2D eigenvalue weighted by atomic mass is 9.98. The minimum Gasteiger partial charge on any atom is -0.396 e. The van der Waals surface area contributed by atoms with Crippen LogP contribution in [0.5, 0.6) is 0 Å². The lowest BCUT2D eigenvalue weighted by molar-refractivity contribution is 0.173. The zero-order valence-corrected chi connectivity index (χ0v) is 8.91. The maximum absolute atomic E-state index is 8.79. The van der Waals surface area contributed by atoms with Crippen molar-refractivity contribution in [2.45, 2.75) is 31.8 Å². The van der Waals surface area contributed by atoms with Crippen LogP contribution >= 0.6 is 0 Å². The van der Waals surface area contributed by atoms with Crippen LogP contribution in [-0.2, 0) is 4.74 Å². The van der Waals surface area contributed by atoms with Crippen LogP contribution in [0, 0.1) is 5.92 Å². The second-order valence-corrected chi connectivity index (χ2v) is 4.05. The van der Waals surface area contributed by atoms with E-state index in [9.17, 15) is 0 Å². The molecule has 14 heavy (non-hydrogen) atoms. The van der Waals surface area contributed by atoms with Gasteiger partial charge >= 0.3 is 0 Å². The zero-order valence-electron chi connectivity index (χ0n) is 8.91. The molecule has 4 nitrogen and oxygen atoms in total. The molecule has 1 fully saturated rings. The fourth-order valence-electron chi connectivity index (χ4n) is 1.91. The van der Waals surface area contributed by atoms with Gasteiger partial charge in [0.2, 0.25) is 0 Å². The van der Waals surface area contributed by atoms with Gasteiger partial charge < -0.3 is 20.9 Å². The van der Waals surface area contributed by atoms with Crippen LogP contribution in [0.1, 0.15) is 19.8 Å². The van der Waals surface area contributed by atoms with Gasteiger partial charge in [0.05, 0.1) is 6.61 Å². The number of aliphatic hydroxyl groups is 1. The van der Waals surface area contributed by atoms with Crippen molar-refractivity contribution >= 4 is 0 Å². The van der Waals surface area contributed by atoms with Crippen LogP contribution in [0.4, 0.5) is 0 Å². The van der Waals surface area contributed by atoms with E-state index in [1.165, 1.54) is 0 Å². The smallest absolute Gasteiger partial charge is 0.0510 e. The topological polar surface area (TPSA) is 67.5 Å². The summed E-state index contributed by atoms with van der Waals surface area (Å²) in [6.45, 7) is 4.63. The molecule has 0 aliphatic carbocycles. The Labute approximate surface area is 85.8 Å². The monoisotopic (exact) mass is 202 g/mol. The van der Waals surface area contributed by atoms with Crippen molar-refractivity contribution < 1.29 is 9.84 Å². The Morgan fingerprint density at radius 1 is 1.64 bits per heavy atom. The standard InChI is InChI=1S/C10H22N2O2/c1-8(2-4-13)12-10(6-11)9-3-5-14-7-9/h8-10,12-13H,2-7,11H2,1H3. The van der Waals surface area contributed by atoms with Gasteiger partial charge in [-0.25, -0.2) is 0 Å². The summed E-state index contributed by atoms with van der Waals surface area (Å²) in [4.78, 5) is 0. The third kappa shape index (κ3) is 3.53. The molecule has 0 amide bonds. The Kier molecular flexibility index (Phi) is 5.40. The molecule has 0 radical (unpaired) electrons. The van der Waals surface area contributed by atoms with E-state index in [-0.39, 0.29) is 6.61 Å². The van der Waals surface area contributed by atoms with Gasteiger partial charge in [-0.3, -0.25) is 0 Å². The molecular weight excluding hydrogens is 180 g/mol. The maximum Gasteiger partial charge on any atom is 0.0510 e. The number of rotatable bonds is 6. The Hall–Kier alpha value is -0.160. The van der Waals surface area contributed by atoms with Crippen LogP contribution in [0.25, 0.3) is 0 Å². The van der Waals surface area contributed by atoms with Gasteiger partial charge in [-0.2, -0.15) is 0 Å². The molecule has 1 rings (SSSR count). The van der Waals surface area contributed by atoms with Crippen molar-refractivity contribution in [3.05, 3.63) is 0 Å². The molecular formula is C10H22N2O2. The largest absolute Gasteiger partial charge is 0.396 e. The highest BCUT2D eigenvalue weighted by atomic mass is 16.5. The van der Waals surface area contributed by atoms with E-state index in [1.54, 1.807) is 0 Å². The first kappa shape index (κ1) is 11.9. The second kappa shape index (κ2) is 6.35. The summed E-state index contributed by atoms with van der Waals surface area (Å²) in [5.41, 5.74) is 5.72. The quantitative estimate of drug-likeness (QED) is 0.554. The van der Waals surface area contributed by atoms with Gasteiger partial charge in [-0.15, -0.1) is 0 Å². The van der Waals surface area contributed by atoms with Gasteiger partial charge in [-0.1, -0.05) is 0 Å². The summed E-state index contributed by atoms with van der Waals surface area (Å²) in [7, 11) is 0. The average molecular weight is 202 g/mol. The third-order valence-electron chi connectivity index (χ3n) is 2.85. The van der Waals surface area contributed by atoms with Gasteiger partial charge in [0, 0.05) is 37.8 Å². The number of hydrogen-bond donors (Lipinski definition) is 3. The first-order chi connectivity index (χ1) is 6.77. The Morgan fingerprint density at radius 3 is 2.93 bits per heavy atom. The first-order valence-electron chi connectivity index (χ1n) is 5.42. The van der Waals surface area contributed by atoms with Crippen molar-refractivity contribution in [3.63, 3.8) is 0 Å². The predicted octanol–water partition coefficient (Wildman–Crippen LogP) is -0.289. The highest BCUT2D eigenvalue weighted by molar-refractivity contribution is 4.82. The van der Waals surface area contributed by atoms with Gasteiger partial charge in [0.15, 0.2) is 0 Å². The van der Waals surface area contributed by atoms with Crippen molar-refractivity contribution in [3.8, 4) is 0 Å². The molecule has 1 aliphatic rings. The SMILES string of the molecule is CC(CCO)NC(CN)C1CCOC1. The Bertz CT molecular complexity index is 149. The Balaban J connectivity index is 2.29. The molecule has 4 heteroatoms. The fourth-order valence-corrected chi connectivity index (χ4v) is 1.91. The van der Waals surface area contributed by atoms with Gasteiger partial charge in [0.1, 0.15) is 0 Å². The second-order valence-electron chi connectivity index (χ2n) is 4.05. The number of nitrogens with one attached hydrogen (secondary N) is 1. The Morgan fingerprint density at radius 2 is 2.43 bits per heavy atom. The molecule has 0 aromatic rings. The van der Waals surface area contributed by atoms with E-state index in [4.69, 9.17) is 15.6 Å². The zero-order chi connectivity index (χ0) is 10.4. The van der Waals surface area contributed by atoms with Crippen LogP contribution in [-0.4, -0.2) is 43.6 Å². The van der Waals surface area contributed by atoms with Crippen LogP contribution < -0.4 is 11.1 Å². The number of hydrogen-bond acceptors (Lipinski definition) is 4. The fraction of sp³-hybridized carbons (Fsp3) is 1.00. The van der Waals surface area contributed by atoms with Crippen molar-refractivity contribution in [1.82, 2.24) is 5.32 Å². The predicted molar refractivity (Wildman–Crippen MR) is 56.1 cm³/mol. The molecule has 1 heterocycles. The average Bonchev–Trinajstić information content (AvgIpc) is 2.67. The molecule has 0 bridgehead atoms. The molecule has 3 atom stereocenters. The molecule has 3 unspecified atom stereocenters. The summed E-state index contributed by atoms with van der Waals surface area (Å²) in [6.07, 6.45) is 1.88. The van der Waals surface area contributed by atoms with E-state index in [1.807, 2.05) is 0 Å². The van der Waals surface area contributed by atoms with E-state index in [2.05, 4.69) is 12.2 Å². The van der Waals surface area contributed by atoms with Crippen LogP contribution in [0.15, 0.2) is 0 Å². The maximum atomic E-state index is 8.79. The lowest BCUT2D eigenvalue weighted by Gasteiger charge is -2.25. The molecule has 0 saturated carbocycles. The summed E-state index contributed by atoms with van der Waals surface area (Å²) in [5.74, 6) is 0.543. The normalized spacial score (nSPS) is 26.4. The molecule has 0 aromatic carbocycles. The number of aliphatic hydroxyl groups excluding tert-OH is 1. The number of nitrogens with two attached hydrogens (primary N) is 1. The number of ether oxygens (including phenoxy) is 1. The van der Waals surface area contributed by atoms with E-state index in [0.717, 1.165) is 26.1 Å². The van der Waals surface area contributed by atoms with E-state index in [0.29, 0.717) is 24.5 Å². The van der Waals surface area contributed by atoms with Crippen LogP contribution in [0.3, 0.4) is 0 Å². The van der Waals surface area contributed by atoms with Crippen LogP contribution in [0.2, 0.25) is 0 Å². The first-order valence-corrected chi connectivity index (χ1v) is 5.42. The summed E-state index contributed by atoms with van der Waals surface area (Å²) < 4.78 is 5.34. The summed E-state index contributed by atoms with van der Waals surface area (Å²) in [5, 5.41) is 12.2. The lowest BCUT2D eigenvalue weighted by Crippen LogP contribution is -2.46. The van der Waals surface area contributed by atoms with Crippen molar-refractivity contribution in [1.29, 1.82) is 0 Å².